The predicted molar refractivity (Wildman–Crippen MR) is 104 cm³/mol. The zero-order chi connectivity index (χ0) is 18.0. The van der Waals surface area contributed by atoms with Crippen molar-refractivity contribution < 1.29 is 4.79 Å². The average Bonchev–Trinajstić information content (AvgIpc) is 2.96. The number of amides is 1. The van der Waals surface area contributed by atoms with Gasteiger partial charge in [-0.15, -0.1) is 0 Å². The molecule has 0 spiro atoms. The number of nitrogens with one attached hydrogen (secondary N) is 1. The molecular weight excluding hydrogens is 334 g/mol. The fourth-order valence-electron chi connectivity index (χ4n) is 3.87. The predicted octanol–water partition coefficient (Wildman–Crippen LogP) is 4.22. The van der Waals surface area contributed by atoms with Crippen molar-refractivity contribution >= 4 is 28.4 Å². The minimum absolute atomic E-state index is 0.100. The first-order valence-electron chi connectivity index (χ1n) is 9.28. The summed E-state index contributed by atoms with van der Waals surface area (Å²) in [5.74, 6) is 0.862. The molecule has 1 amide bonds. The van der Waals surface area contributed by atoms with Gasteiger partial charge in [0.25, 0.3) is 0 Å². The lowest BCUT2D eigenvalue weighted by molar-refractivity contribution is -0.137. The number of hydrogen-bond donors (Lipinski definition) is 1. The van der Waals surface area contributed by atoms with E-state index in [0.29, 0.717) is 12.3 Å². The number of likely N-dealkylation sites (tertiary alicyclic amines) is 1. The number of rotatable bonds is 5. The summed E-state index contributed by atoms with van der Waals surface area (Å²) in [7, 11) is 1.97. The van der Waals surface area contributed by atoms with Crippen molar-refractivity contribution in [2.75, 3.05) is 20.1 Å². The molecule has 1 N–H and O–H groups in total. The zero-order valence-corrected chi connectivity index (χ0v) is 16.1. The van der Waals surface area contributed by atoms with E-state index in [1.807, 2.05) is 20.0 Å². The third kappa shape index (κ3) is 3.70. The van der Waals surface area contributed by atoms with Gasteiger partial charge in [-0.1, -0.05) is 25.4 Å². The van der Waals surface area contributed by atoms with E-state index in [9.17, 15) is 4.79 Å². The minimum Gasteiger partial charge on any atom is -0.326 e. The van der Waals surface area contributed by atoms with Crippen molar-refractivity contribution in [3.8, 4) is 0 Å². The van der Waals surface area contributed by atoms with Crippen LogP contribution in [0.2, 0.25) is 5.02 Å². The number of carbonyl (C=O) groups excluding carboxylic acids is 1. The molecule has 0 bridgehead atoms. The van der Waals surface area contributed by atoms with Crippen molar-refractivity contribution in [2.24, 2.45) is 5.92 Å². The molecule has 0 saturated carbocycles. The molecule has 1 saturated heterocycles. The minimum atomic E-state index is 0.100. The Hall–Kier alpha value is -1.52. The van der Waals surface area contributed by atoms with Crippen LogP contribution < -0.4 is 5.32 Å². The number of carbonyl (C=O) groups is 1. The van der Waals surface area contributed by atoms with Crippen LogP contribution in [0.4, 0.5) is 0 Å². The quantitative estimate of drug-likeness (QED) is 0.865. The van der Waals surface area contributed by atoms with E-state index in [1.165, 1.54) is 16.5 Å². The number of nitrogens with zero attached hydrogens (tertiary/aromatic N) is 2. The Balaban J connectivity index is 2.07. The Kier molecular flexibility index (Phi) is 5.70. The normalized spacial score (nSPS) is 21.0. The number of fused-ring (bicyclic) bond motifs is 1. The van der Waals surface area contributed by atoms with Crippen LogP contribution in [0.15, 0.2) is 24.4 Å². The Bertz CT molecular complexity index is 755. The number of hydrogen-bond acceptors (Lipinski definition) is 2. The van der Waals surface area contributed by atoms with E-state index >= 15 is 0 Å². The molecule has 1 aliphatic heterocycles. The van der Waals surface area contributed by atoms with Gasteiger partial charge in [-0.2, -0.15) is 0 Å². The second kappa shape index (κ2) is 7.79. The Labute approximate surface area is 155 Å². The SMILES string of the molecule is CCC(=O)N1CCC(C)CC1n1cc(CCNC)c2cc(Cl)ccc21. The second-order valence-electron chi connectivity index (χ2n) is 7.13. The molecule has 0 aliphatic carbocycles. The Morgan fingerprint density at radius 2 is 2.20 bits per heavy atom. The van der Waals surface area contributed by atoms with Crippen LogP contribution in [0, 0.1) is 5.92 Å². The van der Waals surface area contributed by atoms with E-state index in [-0.39, 0.29) is 12.1 Å². The highest BCUT2D eigenvalue weighted by Crippen LogP contribution is 2.35. The summed E-state index contributed by atoms with van der Waals surface area (Å²) in [4.78, 5) is 14.6. The van der Waals surface area contributed by atoms with Crippen molar-refractivity contribution in [3.05, 3.63) is 35.0 Å². The van der Waals surface area contributed by atoms with E-state index in [4.69, 9.17) is 11.6 Å². The lowest BCUT2D eigenvalue weighted by Gasteiger charge is -2.39. The summed E-state index contributed by atoms with van der Waals surface area (Å²) < 4.78 is 2.31. The van der Waals surface area contributed by atoms with Crippen LogP contribution in [0.3, 0.4) is 0 Å². The highest BCUT2D eigenvalue weighted by molar-refractivity contribution is 6.31. The molecule has 2 unspecified atom stereocenters. The third-order valence-electron chi connectivity index (χ3n) is 5.30. The van der Waals surface area contributed by atoms with Gasteiger partial charge in [0.05, 0.1) is 5.52 Å². The van der Waals surface area contributed by atoms with Gasteiger partial charge in [-0.25, -0.2) is 0 Å². The maximum atomic E-state index is 12.5. The van der Waals surface area contributed by atoms with Gasteiger partial charge in [0.2, 0.25) is 5.91 Å². The van der Waals surface area contributed by atoms with Crippen LogP contribution in [-0.2, 0) is 11.2 Å². The maximum absolute atomic E-state index is 12.5. The number of likely N-dealkylation sites (N-methyl/N-ethyl adjacent to an activating group) is 1. The smallest absolute Gasteiger partial charge is 0.223 e. The van der Waals surface area contributed by atoms with E-state index in [0.717, 1.165) is 37.4 Å². The summed E-state index contributed by atoms with van der Waals surface area (Å²) in [6.07, 6.45) is 5.93. The molecule has 1 fully saturated rings. The monoisotopic (exact) mass is 361 g/mol. The molecule has 1 aliphatic rings. The van der Waals surface area contributed by atoms with Gasteiger partial charge in [-0.05, 0) is 62.5 Å². The van der Waals surface area contributed by atoms with Crippen molar-refractivity contribution in [2.45, 2.75) is 45.7 Å². The fourth-order valence-corrected chi connectivity index (χ4v) is 4.05. The Morgan fingerprint density at radius 1 is 1.40 bits per heavy atom. The summed E-state index contributed by atoms with van der Waals surface area (Å²) >= 11 is 6.26. The van der Waals surface area contributed by atoms with Crippen molar-refractivity contribution in [3.63, 3.8) is 0 Å². The molecule has 5 heteroatoms. The molecule has 3 rings (SSSR count). The zero-order valence-electron chi connectivity index (χ0n) is 15.4. The molecule has 2 aromatic rings. The number of piperidine rings is 1. The second-order valence-corrected chi connectivity index (χ2v) is 7.56. The van der Waals surface area contributed by atoms with Gasteiger partial charge < -0.3 is 14.8 Å². The molecule has 4 nitrogen and oxygen atoms in total. The van der Waals surface area contributed by atoms with E-state index in [2.05, 4.69) is 40.0 Å². The molecular formula is C20H28ClN3O. The van der Waals surface area contributed by atoms with Crippen LogP contribution in [-0.4, -0.2) is 35.5 Å². The average molecular weight is 362 g/mol. The summed E-state index contributed by atoms with van der Waals surface area (Å²) in [5, 5.41) is 5.18. The largest absolute Gasteiger partial charge is 0.326 e. The number of halogens is 1. The van der Waals surface area contributed by atoms with Crippen LogP contribution >= 0.6 is 11.6 Å². The van der Waals surface area contributed by atoms with Gasteiger partial charge in [0.15, 0.2) is 0 Å². The first kappa shape index (κ1) is 18.3. The lowest BCUT2D eigenvalue weighted by Crippen LogP contribution is -2.42. The maximum Gasteiger partial charge on any atom is 0.223 e. The van der Waals surface area contributed by atoms with Crippen molar-refractivity contribution in [1.82, 2.24) is 14.8 Å². The summed E-state index contributed by atoms with van der Waals surface area (Å²) in [5.41, 5.74) is 2.46. The van der Waals surface area contributed by atoms with E-state index < -0.39 is 0 Å². The van der Waals surface area contributed by atoms with Crippen LogP contribution in [0.5, 0.6) is 0 Å². The van der Waals surface area contributed by atoms with Gasteiger partial charge in [0, 0.05) is 29.6 Å². The Morgan fingerprint density at radius 3 is 2.92 bits per heavy atom. The lowest BCUT2D eigenvalue weighted by atomic mass is 9.96. The van der Waals surface area contributed by atoms with Crippen LogP contribution in [0.1, 0.15) is 44.8 Å². The highest BCUT2D eigenvalue weighted by Gasteiger charge is 2.31. The summed E-state index contributed by atoms with van der Waals surface area (Å²) in [6.45, 7) is 6.00. The molecule has 2 heterocycles. The molecule has 136 valence electrons. The fraction of sp³-hybridized carbons (Fsp3) is 0.550. The molecule has 0 radical (unpaired) electrons. The van der Waals surface area contributed by atoms with E-state index in [1.54, 1.807) is 0 Å². The molecule has 1 aromatic heterocycles. The first-order chi connectivity index (χ1) is 12.0. The van der Waals surface area contributed by atoms with Gasteiger partial charge >= 0.3 is 0 Å². The van der Waals surface area contributed by atoms with Gasteiger partial charge in [0.1, 0.15) is 6.17 Å². The highest BCUT2D eigenvalue weighted by atomic mass is 35.5. The summed E-state index contributed by atoms with van der Waals surface area (Å²) in [6, 6.07) is 6.09. The van der Waals surface area contributed by atoms with Crippen molar-refractivity contribution in [1.29, 1.82) is 0 Å². The van der Waals surface area contributed by atoms with Crippen LogP contribution in [0.25, 0.3) is 10.9 Å². The standard InChI is InChI=1S/C20H28ClN3O/c1-4-20(25)23-10-8-14(2)11-19(23)24-13-15(7-9-22-3)17-12-16(21)5-6-18(17)24/h5-6,12-14,19,22H,4,7-11H2,1-3H3. The molecule has 25 heavy (non-hydrogen) atoms. The topological polar surface area (TPSA) is 37.3 Å². The number of benzene rings is 1. The molecule has 2 atom stereocenters. The third-order valence-corrected chi connectivity index (χ3v) is 5.54. The first-order valence-corrected chi connectivity index (χ1v) is 9.66. The molecule has 1 aromatic carbocycles. The van der Waals surface area contributed by atoms with Gasteiger partial charge in [-0.3, -0.25) is 4.79 Å². The number of aromatic nitrogens is 1.